The molecule has 18 saturated carbocycles. The van der Waals surface area contributed by atoms with E-state index < -0.39 is 0 Å². The molecule has 9 spiro atoms. The van der Waals surface area contributed by atoms with Crippen LogP contribution in [0, 0.1) is 102 Å². The second kappa shape index (κ2) is 52.3. The predicted molar refractivity (Wildman–Crippen MR) is 489 cm³/mol. The number of hydrogen-bond acceptors (Lipinski definition) is 0. The lowest BCUT2D eigenvalue weighted by Gasteiger charge is -2.47. The van der Waals surface area contributed by atoms with E-state index >= 15 is 0 Å². The molecule has 18 fully saturated rings. The smallest absolute Gasteiger partial charge is 0.0294 e. The summed E-state index contributed by atoms with van der Waals surface area (Å²) in [5, 5.41) is 0. The highest BCUT2D eigenvalue weighted by Crippen LogP contribution is 2.62. The molecule has 0 N–H and O–H groups in total. The molecule has 18 aliphatic carbocycles. The summed E-state index contributed by atoms with van der Waals surface area (Å²) >= 11 is 0. The molecule has 0 heterocycles. The van der Waals surface area contributed by atoms with Gasteiger partial charge in [0.1, 0.15) is 0 Å². The Bertz CT molecular complexity index is 1920. The maximum Gasteiger partial charge on any atom is -0.0294 e. The highest BCUT2D eigenvalue weighted by atomic mass is 14.5. The Balaban J connectivity index is -0.000000198. The Hall–Kier alpha value is 0. The Morgan fingerprint density at radius 2 is 0.243 bits per heavy atom. The zero-order valence-corrected chi connectivity index (χ0v) is 61.1. The van der Waals surface area contributed by atoms with Crippen LogP contribution in [0.1, 0.15) is 566 Å². The van der Waals surface area contributed by atoms with E-state index in [0.29, 0.717) is 0 Å². The van der Waals surface area contributed by atoms with E-state index in [1.807, 2.05) is 0 Å². The van der Waals surface area contributed by atoms with Gasteiger partial charge in [-0.15, -0.1) is 0 Å². The van der Waals surface area contributed by atoms with Crippen LogP contribution < -0.4 is 0 Å². The first-order chi connectivity index (χ1) is 41.8. The molecule has 632 valence electrons. The molecule has 6 atom stereocenters. The first-order valence-corrected chi connectivity index (χ1v) is 41.8. The summed E-state index contributed by atoms with van der Waals surface area (Å²) in [5.74, 6) is 9.35. The van der Waals surface area contributed by atoms with E-state index in [-0.39, 0.29) is 119 Å². The Morgan fingerprint density at radius 1 is 0.117 bits per heavy atom. The lowest BCUT2D eigenvalue weighted by molar-refractivity contribution is 0.0515. The first-order valence-electron chi connectivity index (χ1n) is 41.8. The van der Waals surface area contributed by atoms with Gasteiger partial charge in [0.05, 0.1) is 0 Å². The molecule has 0 aromatic rings. The van der Waals surface area contributed by atoms with Gasteiger partial charge in [-0.05, 0) is 333 Å². The van der Waals surface area contributed by atoms with Crippen molar-refractivity contribution in [1.82, 2.24) is 0 Å². The lowest BCUT2D eigenvalue weighted by Crippen LogP contribution is -2.34. The first kappa shape index (κ1) is 116. The van der Waals surface area contributed by atoms with Crippen LogP contribution in [-0.4, -0.2) is 0 Å². The van der Waals surface area contributed by atoms with Crippen molar-refractivity contribution in [3.8, 4) is 0 Å². The molecule has 103 heavy (non-hydrogen) atoms. The van der Waals surface area contributed by atoms with E-state index in [1.54, 1.807) is 231 Å². The van der Waals surface area contributed by atoms with Crippen LogP contribution in [0.15, 0.2) is 0 Å². The molecule has 0 aromatic carbocycles. The van der Waals surface area contributed by atoms with Gasteiger partial charge in [0.15, 0.2) is 0 Å². The van der Waals surface area contributed by atoms with Crippen molar-refractivity contribution < 1.29 is 0 Å². The summed E-state index contributed by atoms with van der Waals surface area (Å²) in [4.78, 5) is 0. The topological polar surface area (TPSA) is 0 Å². The van der Waals surface area contributed by atoms with Gasteiger partial charge < -0.3 is 0 Å². The van der Waals surface area contributed by atoms with Crippen LogP contribution in [0.3, 0.4) is 0 Å². The molecular formula is C103H220. The van der Waals surface area contributed by atoms with Crippen LogP contribution in [0.5, 0.6) is 0 Å². The van der Waals surface area contributed by atoms with Crippen molar-refractivity contribution in [3.63, 3.8) is 0 Å². The molecule has 0 radical (unpaired) electrons. The van der Waals surface area contributed by atoms with Gasteiger partial charge in [-0.2, -0.15) is 0 Å². The Kier molecular flexibility index (Phi) is 59.1. The van der Waals surface area contributed by atoms with E-state index in [2.05, 4.69) is 62.3 Å². The third-order valence-corrected chi connectivity index (χ3v) is 31.5. The predicted octanol–water partition coefficient (Wildman–Crippen LogP) is 39.3. The lowest BCUT2D eigenvalue weighted by atomic mass is 9.59. The minimum atomic E-state index is 0. The van der Waals surface area contributed by atoms with Gasteiger partial charge in [-0.3, -0.25) is 0 Å². The van der Waals surface area contributed by atoms with E-state index in [0.717, 1.165) is 102 Å². The number of hydrogen-bond donors (Lipinski definition) is 0. The monoisotopic (exact) mass is 1460 g/mol. The second-order valence-electron chi connectivity index (χ2n) is 39.9. The molecule has 0 heteroatoms. The highest BCUT2D eigenvalue weighted by Gasteiger charge is 2.48. The summed E-state index contributed by atoms with van der Waals surface area (Å²) in [6.45, 7) is 21.7. The molecule has 0 saturated heterocycles. The summed E-state index contributed by atoms with van der Waals surface area (Å²) in [6.07, 6.45) is 92.2. The minimum absolute atomic E-state index is 0. The SMILES string of the molecule is C.C.C.C.C.C.C.C.C.C.C.C.C.C.C.C.CC1CCC2(CC1)CC2.CC1CCC2(CC2)C1.CC1CCC2(CCC2)C1.CC1CCC2(CCC2)CC1.CC1CCC2(CCCC2)C1.CC1CCC2(CCCC2)CC1.CC1CCCC2(CC2)C1.CC1CCCC2(CCC2)C1.CC1CCCC2(CCCC2)C1. The van der Waals surface area contributed by atoms with Crippen molar-refractivity contribution in [1.29, 1.82) is 0 Å². The highest BCUT2D eigenvalue weighted by molar-refractivity contribution is 5.00. The van der Waals surface area contributed by atoms with Crippen LogP contribution in [0.2, 0.25) is 0 Å². The van der Waals surface area contributed by atoms with Crippen molar-refractivity contribution in [3.05, 3.63) is 0 Å². The molecule has 18 rings (SSSR count). The molecule has 0 aliphatic heterocycles. The summed E-state index contributed by atoms with van der Waals surface area (Å²) in [7, 11) is 0. The van der Waals surface area contributed by atoms with Crippen LogP contribution >= 0.6 is 0 Å². The van der Waals surface area contributed by atoms with Gasteiger partial charge in [-0.25, -0.2) is 0 Å². The zero-order valence-electron chi connectivity index (χ0n) is 61.1. The molecular weight excluding hydrogens is 1240 g/mol. The minimum Gasteiger partial charge on any atom is -0.0776 e. The quantitative estimate of drug-likeness (QED) is 0.227. The zero-order chi connectivity index (χ0) is 61.1. The van der Waals surface area contributed by atoms with Crippen LogP contribution in [0.25, 0.3) is 0 Å². The van der Waals surface area contributed by atoms with Gasteiger partial charge >= 0.3 is 0 Å². The maximum atomic E-state index is 2.44. The summed E-state index contributed by atoms with van der Waals surface area (Å²) in [6, 6.07) is 0. The van der Waals surface area contributed by atoms with Gasteiger partial charge in [-0.1, -0.05) is 335 Å². The number of rotatable bonds is 0. The van der Waals surface area contributed by atoms with Gasteiger partial charge in [0, 0.05) is 0 Å². The normalized spacial score (nSPS) is 31.5. The van der Waals surface area contributed by atoms with Crippen molar-refractivity contribution in [2.45, 2.75) is 566 Å². The summed E-state index contributed by atoms with van der Waals surface area (Å²) in [5.41, 5.74) is 7.93. The maximum absolute atomic E-state index is 2.44. The third-order valence-electron chi connectivity index (χ3n) is 31.5. The van der Waals surface area contributed by atoms with Crippen molar-refractivity contribution in [2.24, 2.45) is 102 Å². The van der Waals surface area contributed by atoms with E-state index in [9.17, 15) is 0 Å². The van der Waals surface area contributed by atoms with Crippen LogP contribution in [-0.2, 0) is 0 Å². The standard InChI is InChI=1S/2C11H20.3C10H18.3C9H16.C8H14.16CH4/c1-10-4-8-11(9-5-10)6-2-3-7-11;1-10-5-4-8-11(9-10)6-2-3-7-11;1-9-3-7-10(8-4-9)5-2-6-10;1-9-4-2-5-10(8-9)6-3-7-10;1-9-4-7-10(8-9)5-2-3-6-10;1-8-2-4-9(5-3-8)6-7-9;1-8-3-6-9(7-8)4-2-5-9;1-8-3-2-4-9(7-8)5-6-9;1-7-2-3-8(6-7)4-5-8;;;;;;;;;;;;;;;;/h2*10H,2-9H2,1H3;3*9H,2-8H2,1H3;3*8H,2-7H2,1H3;7H,2-6H2,1H3;16*1H4. The largest absolute Gasteiger partial charge is 0.0776 e. The van der Waals surface area contributed by atoms with Crippen molar-refractivity contribution in [2.75, 3.05) is 0 Å². The Labute approximate surface area is 664 Å². The fraction of sp³-hybridized carbons (Fsp3) is 1.00. The van der Waals surface area contributed by atoms with Gasteiger partial charge in [0.25, 0.3) is 0 Å². The average Bonchev–Trinajstić information content (AvgIpc) is 1.43. The van der Waals surface area contributed by atoms with Gasteiger partial charge in [0.2, 0.25) is 0 Å². The molecule has 0 amide bonds. The second-order valence-corrected chi connectivity index (χ2v) is 39.9. The van der Waals surface area contributed by atoms with E-state index in [4.69, 9.17) is 0 Å². The van der Waals surface area contributed by atoms with Crippen LogP contribution in [0.4, 0.5) is 0 Å². The summed E-state index contributed by atoms with van der Waals surface area (Å²) < 4.78 is 0. The van der Waals surface area contributed by atoms with E-state index in [1.165, 1.54) is 154 Å². The average molecular weight is 1460 g/mol. The molecule has 0 nitrogen and oxygen atoms in total. The third kappa shape index (κ3) is 34.9. The Morgan fingerprint density at radius 3 is 0.388 bits per heavy atom. The fourth-order valence-electron chi connectivity index (χ4n) is 24.1. The van der Waals surface area contributed by atoms with Crippen molar-refractivity contribution >= 4 is 0 Å². The molecule has 6 unspecified atom stereocenters. The molecule has 0 bridgehead atoms. The fourth-order valence-corrected chi connectivity index (χ4v) is 24.1. The molecule has 18 aliphatic rings. The molecule has 0 aromatic heterocycles.